The van der Waals surface area contributed by atoms with Gasteiger partial charge >= 0.3 is 0 Å². The molecule has 3 heterocycles. The van der Waals surface area contributed by atoms with Gasteiger partial charge in [0.25, 0.3) is 0 Å². The van der Waals surface area contributed by atoms with E-state index in [2.05, 4.69) is 15.6 Å². The van der Waals surface area contributed by atoms with E-state index in [9.17, 15) is 9.59 Å². The number of hydrogen-bond acceptors (Lipinski definition) is 7. The lowest BCUT2D eigenvalue weighted by atomic mass is 10.1. The van der Waals surface area contributed by atoms with Crippen LogP contribution in [0.4, 0.5) is 5.13 Å². The van der Waals surface area contributed by atoms with Crippen molar-refractivity contribution in [3.63, 3.8) is 0 Å². The van der Waals surface area contributed by atoms with E-state index in [1.54, 1.807) is 9.80 Å². The second-order valence-corrected chi connectivity index (χ2v) is 5.65. The zero-order valence-corrected chi connectivity index (χ0v) is 11.0. The van der Waals surface area contributed by atoms with Crippen LogP contribution < -0.4 is 11.3 Å². The number of amides is 2. The Balaban J connectivity index is 1.74. The van der Waals surface area contributed by atoms with E-state index >= 15 is 0 Å². The van der Waals surface area contributed by atoms with Crippen LogP contribution in [-0.2, 0) is 16.1 Å². The number of nitrogens with zero attached hydrogens (tertiary/aromatic N) is 4. The zero-order valence-electron chi connectivity index (χ0n) is 10.2. The van der Waals surface area contributed by atoms with E-state index in [0.717, 1.165) is 12.8 Å². The molecule has 1 aromatic rings. The lowest BCUT2D eigenvalue weighted by Crippen LogP contribution is -2.56. The fraction of sp³-hybridized carbons (Fsp3) is 0.600. The van der Waals surface area contributed by atoms with Crippen molar-refractivity contribution in [2.24, 2.45) is 5.84 Å². The summed E-state index contributed by atoms with van der Waals surface area (Å²) in [6, 6.07) is -0.277. The van der Waals surface area contributed by atoms with Crippen LogP contribution in [0.2, 0.25) is 0 Å². The molecule has 2 aliphatic heterocycles. The van der Waals surface area contributed by atoms with Crippen molar-refractivity contribution in [2.75, 3.05) is 18.5 Å². The smallest absolute Gasteiger partial charge is 0.246 e. The van der Waals surface area contributed by atoms with E-state index in [4.69, 9.17) is 5.84 Å². The molecular formula is C10H14N6O2S. The topological polar surface area (TPSA) is 104 Å². The van der Waals surface area contributed by atoms with Gasteiger partial charge in [-0.3, -0.25) is 15.0 Å². The van der Waals surface area contributed by atoms with Gasteiger partial charge in [0.15, 0.2) is 0 Å². The van der Waals surface area contributed by atoms with E-state index in [-0.39, 0.29) is 24.4 Å². The molecule has 102 valence electrons. The molecule has 8 nitrogen and oxygen atoms in total. The lowest BCUT2D eigenvalue weighted by molar-refractivity contribution is -0.154. The van der Waals surface area contributed by atoms with Crippen molar-refractivity contribution in [1.82, 2.24) is 20.0 Å². The highest BCUT2D eigenvalue weighted by molar-refractivity contribution is 7.15. The molecule has 0 radical (unpaired) electrons. The minimum atomic E-state index is -0.277. The molecule has 3 rings (SSSR count). The average Bonchev–Trinajstić information content (AvgIpc) is 3.04. The van der Waals surface area contributed by atoms with Gasteiger partial charge in [-0.05, 0) is 12.8 Å². The number of rotatable bonds is 3. The molecular weight excluding hydrogens is 268 g/mol. The predicted molar refractivity (Wildman–Crippen MR) is 67.9 cm³/mol. The van der Waals surface area contributed by atoms with Crippen LogP contribution in [0.3, 0.4) is 0 Å². The number of anilines is 1. The molecule has 2 fully saturated rings. The number of aromatic nitrogens is 2. The van der Waals surface area contributed by atoms with Crippen LogP contribution >= 0.6 is 11.3 Å². The number of piperazine rings is 1. The van der Waals surface area contributed by atoms with E-state index in [1.807, 2.05) is 0 Å². The van der Waals surface area contributed by atoms with E-state index < -0.39 is 0 Å². The lowest BCUT2D eigenvalue weighted by Gasteiger charge is -2.35. The highest BCUT2D eigenvalue weighted by Crippen LogP contribution is 2.25. The van der Waals surface area contributed by atoms with Gasteiger partial charge in [-0.15, -0.1) is 10.2 Å². The third-order valence-corrected chi connectivity index (χ3v) is 4.25. The summed E-state index contributed by atoms with van der Waals surface area (Å²) in [5.41, 5.74) is 2.41. The molecule has 0 spiro atoms. The number of carbonyl (C=O) groups is 2. The summed E-state index contributed by atoms with van der Waals surface area (Å²) < 4.78 is 0. The van der Waals surface area contributed by atoms with Gasteiger partial charge in [0.05, 0.1) is 6.54 Å². The number of hydrogen-bond donors (Lipinski definition) is 2. The first kappa shape index (κ1) is 12.3. The van der Waals surface area contributed by atoms with Crippen LogP contribution in [-0.4, -0.2) is 50.9 Å². The Morgan fingerprint density at radius 1 is 1.42 bits per heavy atom. The normalized spacial score (nSPS) is 22.9. The van der Waals surface area contributed by atoms with Gasteiger partial charge in [-0.2, -0.15) is 0 Å². The van der Waals surface area contributed by atoms with Crippen LogP contribution in [0.15, 0.2) is 0 Å². The van der Waals surface area contributed by atoms with Crippen molar-refractivity contribution < 1.29 is 9.59 Å². The van der Waals surface area contributed by atoms with E-state index in [1.165, 1.54) is 11.3 Å². The summed E-state index contributed by atoms with van der Waals surface area (Å²) >= 11 is 1.28. The van der Waals surface area contributed by atoms with Crippen LogP contribution in [0.25, 0.3) is 0 Å². The molecule has 2 aliphatic rings. The maximum Gasteiger partial charge on any atom is 0.246 e. The maximum atomic E-state index is 12.3. The number of fused-ring (bicyclic) bond motifs is 1. The number of carbonyl (C=O) groups excluding carboxylic acids is 2. The molecule has 19 heavy (non-hydrogen) atoms. The van der Waals surface area contributed by atoms with Crippen molar-refractivity contribution in [3.8, 4) is 0 Å². The Hall–Kier alpha value is -1.74. The number of nitrogens with one attached hydrogen (secondary N) is 1. The summed E-state index contributed by atoms with van der Waals surface area (Å²) in [4.78, 5) is 27.5. The third-order valence-electron chi connectivity index (χ3n) is 3.41. The maximum absolute atomic E-state index is 12.3. The highest BCUT2D eigenvalue weighted by Gasteiger charge is 2.41. The Bertz CT molecular complexity index is 518. The molecule has 9 heteroatoms. The second kappa shape index (κ2) is 4.74. The molecule has 0 bridgehead atoms. The molecule has 0 aliphatic carbocycles. The molecule has 1 atom stereocenters. The van der Waals surface area contributed by atoms with Crippen molar-refractivity contribution in [1.29, 1.82) is 0 Å². The first-order valence-electron chi connectivity index (χ1n) is 6.06. The fourth-order valence-electron chi connectivity index (χ4n) is 2.54. The first-order valence-corrected chi connectivity index (χ1v) is 6.88. The average molecular weight is 282 g/mol. The minimum Gasteiger partial charge on any atom is -0.329 e. The summed E-state index contributed by atoms with van der Waals surface area (Å²) in [5, 5.41) is 8.90. The summed E-state index contributed by atoms with van der Waals surface area (Å²) in [5.74, 6) is 5.26. The third kappa shape index (κ3) is 2.15. The highest BCUT2D eigenvalue weighted by atomic mass is 32.1. The van der Waals surface area contributed by atoms with Gasteiger partial charge < -0.3 is 9.80 Å². The van der Waals surface area contributed by atoms with Crippen LogP contribution in [0.5, 0.6) is 0 Å². The van der Waals surface area contributed by atoms with E-state index in [0.29, 0.717) is 23.2 Å². The SMILES string of the molecule is NNc1nnc(CN2CC(=O)N3CCCC3C2=O)s1. The Morgan fingerprint density at radius 2 is 2.26 bits per heavy atom. The zero-order chi connectivity index (χ0) is 13.4. The molecule has 2 saturated heterocycles. The Labute approximate surface area is 113 Å². The van der Waals surface area contributed by atoms with Gasteiger partial charge in [0, 0.05) is 6.54 Å². The van der Waals surface area contributed by atoms with Gasteiger partial charge in [0.1, 0.15) is 17.6 Å². The minimum absolute atomic E-state index is 0.00885. The van der Waals surface area contributed by atoms with Crippen LogP contribution in [0.1, 0.15) is 17.8 Å². The van der Waals surface area contributed by atoms with Gasteiger partial charge in [0.2, 0.25) is 16.9 Å². The van der Waals surface area contributed by atoms with Crippen LogP contribution in [0, 0.1) is 0 Å². The van der Waals surface area contributed by atoms with Crippen molar-refractivity contribution in [2.45, 2.75) is 25.4 Å². The fourth-order valence-corrected chi connectivity index (χ4v) is 3.20. The molecule has 0 aromatic carbocycles. The molecule has 1 aromatic heterocycles. The summed E-state index contributed by atoms with van der Waals surface area (Å²) in [7, 11) is 0. The number of nitrogens with two attached hydrogens (primary N) is 1. The first-order chi connectivity index (χ1) is 9.19. The predicted octanol–water partition coefficient (Wildman–Crippen LogP) is -0.843. The number of nitrogen functional groups attached to an aromatic ring is 1. The monoisotopic (exact) mass is 282 g/mol. The molecule has 1 unspecified atom stereocenters. The largest absolute Gasteiger partial charge is 0.329 e. The second-order valence-electron chi connectivity index (χ2n) is 4.58. The van der Waals surface area contributed by atoms with Crippen molar-refractivity contribution >= 4 is 28.3 Å². The van der Waals surface area contributed by atoms with Gasteiger partial charge in [-0.1, -0.05) is 11.3 Å². The Morgan fingerprint density at radius 3 is 3.00 bits per heavy atom. The van der Waals surface area contributed by atoms with Gasteiger partial charge in [-0.25, -0.2) is 5.84 Å². The molecule has 0 saturated carbocycles. The van der Waals surface area contributed by atoms with Crippen molar-refractivity contribution in [3.05, 3.63) is 5.01 Å². The standard InChI is InChI=1S/C10H14N6O2S/c11-12-10-14-13-7(19-10)4-15-5-8(17)16-3-1-2-6(16)9(15)18/h6H,1-5,11H2,(H,12,14). The number of hydrazine groups is 1. The Kier molecular flexibility index (Phi) is 3.07. The molecule has 3 N–H and O–H groups in total. The quantitative estimate of drug-likeness (QED) is 0.553. The molecule has 2 amide bonds. The summed E-state index contributed by atoms with van der Waals surface area (Å²) in [6.07, 6.45) is 1.66. The summed E-state index contributed by atoms with van der Waals surface area (Å²) in [6.45, 7) is 1.14.